The van der Waals surface area contributed by atoms with Gasteiger partial charge in [0.15, 0.2) is 0 Å². The molecule has 2 bridgehead atoms. The number of imidazole rings is 1. The number of hydrogen-bond donors (Lipinski definition) is 0. The number of aromatic nitrogens is 4. The molecule has 0 N–H and O–H groups in total. The van der Waals surface area contributed by atoms with E-state index in [4.69, 9.17) is 26.2 Å². The smallest absolute Gasteiger partial charge is 0.268 e. The van der Waals surface area contributed by atoms with Crippen molar-refractivity contribution in [3.63, 3.8) is 0 Å². The average Bonchev–Trinajstić information content (AvgIpc) is 0.835. The van der Waals surface area contributed by atoms with Crippen LogP contribution >= 0.6 is 0 Å². The van der Waals surface area contributed by atoms with Gasteiger partial charge in [0.05, 0.1) is 24.9 Å². The number of nitrogens with zero attached hydrogens (tertiary/aromatic N) is 4. The van der Waals surface area contributed by atoms with Crippen LogP contribution in [0, 0.1) is 24.4 Å². The van der Waals surface area contributed by atoms with Crippen LogP contribution in [0.4, 0.5) is 0 Å². The Kier molecular flexibility index (Phi) is 5.61. The van der Waals surface area contributed by atoms with Crippen LogP contribution in [0.2, 0.25) is 0 Å². The number of hydrogen-bond acceptors (Lipinski definition) is 2. The first-order valence-corrected chi connectivity index (χ1v) is 25.4. The number of pyridine rings is 1. The van der Waals surface area contributed by atoms with Gasteiger partial charge in [-0.25, -0.2) is 4.98 Å². The maximum atomic E-state index is 10.7. The van der Waals surface area contributed by atoms with E-state index >= 15 is 0 Å². The Hall–Kier alpha value is -6.55. The normalized spacial score (nSPS) is 31.1. The van der Waals surface area contributed by atoms with Crippen LogP contribution < -0.4 is 9.30 Å². The largest absolute Gasteiger partial charge is 0.510 e. The van der Waals surface area contributed by atoms with E-state index < -0.39 is 194 Å². The Morgan fingerprint density at radius 1 is 0.646 bits per heavy atom. The molecule has 7 aromatic carbocycles. The molecule has 15 rings (SSSR count). The molecule has 79 heavy (non-hydrogen) atoms. The summed E-state index contributed by atoms with van der Waals surface area (Å²) in [7, 11) is 0. The van der Waals surface area contributed by atoms with Crippen molar-refractivity contribution < 1.29 is 82.5 Å². The van der Waals surface area contributed by atoms with Gasteiger partial charge in [-0.1, -0.05) is 172 Å². The summed E-state index contributed by atoms with van der Waals surface area (Å²) in [4.78, 5) is 4.76. The maximum absolute atomic E-state index is 10.7. The number of ether oxygens (including phenoxy) is 1. The molecule has 0 unspecified atom stereocenters. The van der Waals surface area contributed by atoms with Gasteiger partial charge in [-0.05, 0) is 168 Å². The monoisotopic (exact) mass is 1250 g/mol. The van der Waals surface area contributed by atoms with Crippen molar-refractivity contribution in [2.24, 2.45) is 5.92 Å². The van der Waals surface area contributed by atoms with Gasteiger partial charge < -0.3 is 13.9 Å². The molecule has 0 radical (unpaired) electrons. The maximum Gasteiger partial charge on any atom is 0.268 e. The van der Waals surface area contributed by atoms with E-state index in [1.165, 1.54) is 59.2 Å². The summed E-state index contributed by atoms with van der Waals surface area (Å²) in [5.41, 5.74) is -30.5. The van der Waals surface area contributed by atoms with E-state index in [-0.39, 0.29) is 85.4 Å². The van der Waals surface area contributed by atoms with E-state index in [1.807, 2.05) is 47.0 Å². The number of para-hydroxylation sites is 3. The standard InChI is InChI=1S/C73H72N4O.Pt/c1-68(2,3)49-29-34-74-66(39-49)77-62-20-13-12-19-54(62)55-26-25-53(41-65(55)77)78-52-18-16-17-51(40-52)75-45-76(64-22-15-14-21-63(64)75)67-56(47-23-27-58-60(35-47)71(8,9)32-30-69(58,4)5)37-50(73-42-46(43-73)44-73)38-57(67)48-24-28-59-61(36-48)72(10,11)33-31-70(59,6)7;/h12-29,34-39,46H,30-33,42-44H2,1-11H3;/q-2;/i4D3,5D3,6D3,7D3,8D3,9D3,10D3,11D3,23D,24D,27D,28D,30D2,31D2,32D2,33D2,35D,36D;. The van der Waals surface area contributed by atoms with Crippen molar-refractivity contribution in [2.75, 3.05) is 0 Å². The van der Waals surface area contributed by atoms with Gasteiger partial charge in [-0.2, -0.15) is 18.2 Å². The summed E-state index contributed by atoms with van der Waals surface area (Å²) in [6.07, 6.45) is -13.8. The zero-order chi connectivity index (χ0) is 86.3. The molecule has 3 heterocycles. The Balaban J connectivity index is 0.0000119. The van der Waals surface area contributed by atoms with Crippen molar-refractivity contribution in [1.29, 1.82) is 0 Å². The second-order valence-electron chi connectivity index (χ2n) is 22.0. The number of fused-ring (bicyclic) bond motifs is 6. The van der Waals surface area contributed by atoms with Gasteiger partial charge >= 0.3 is 0 Å². The summed E-state index contributed by atoms with van der Waals surface area (Å²) < 4.78 is 369. The molecule has 0 aliphatic heterocycles. The van der Waals surface area contributed by atoms with Crippen LogP contribution in [-0.2, 0) is 53.6 Å². The molecular weight excluding hydrogens is 1140 g/mol. The van der Waals surface area contributed by atoms with Crippen LogP contribution in [0.25, 0.3) is 72.3 Å². The molecule has 3 saturated carbocycles. The quantitative estimate of drug-likeness (QED) is 0.112. The van der Waals surface area contributed by atoms with Gasteiger partial charge in [0.2, 0.25) is 0 Å². The van der Waals surface area contributed by atoms with Crippen LogP contribution in [0.3, 0.4) is 0 Å². The predicted molar refractivity (Wildman–Crippen MR) is 319 cm³/mol. The molecule has 10 aromatic rings. The van der Waals surface area contributed by atoms with Gasteiger partial charge in [0.1, 0.15) is 5.82 Å². The average molecular weight is 1250 g/mol. The Morgan fingerprint density at radius 2 is 1.24 bits per heavy atom. The molecule has 0 saturated heterocycles. The molecule has 5 nitrogen and oxygen atoms in total. The summed E-state index contributed by atoms with van der Waals surface area (Å²) >= 11 is 0. The third-order valence-corrected chi connectivity index (χ3v) is 15.7. The van der Waals surface area contributed by atoms with E-state index in [9.17, 15) is 35.6 Å². The molecule has 0 atom stereocenters. The zero-order valence-electron chi connectivity index (χ0n) is 80.6. The van der Waals surface area contributed by atoms with Gasteiger partial charge in [-0.15, -0.1) is 29.7 Å². The first kappa shape index (κ1) is 24.7. The Morgan fingerprint density at radius 3 is 1.85 bits per heavy atom. The van der Waals surface area contributed by atoms with Gasteiger partial charge in [0.25, 0.3) is 6.33 Å². The molecule has 3 aromatic heterocycles. The van der Waals surface area contributed by atoms with E-state index in [0.717, 1.165) is 26.4 Å². The van der Waals surface area contributed by atoms with Crippen LogP contribution in [0.15, 0.2) is 146 Å². The molecule has 5 aliphatic carbocycles. The molecule has 6 heteroatoms. The van der Waals surface area contributed by atoms with Crippen LogP contribution in [0.5, 0.6) is 11.5 Å². The molecule has 3 fully saturated rings. The van der Waals surface area contributed by atoms with Crippen LogP contribution in [0.1, 0.15) is 206 Å². The van der Waals surface area contributed by atoms with Gasteiger partial charge in [-0.3, -0.25) is 4.57 Å². The zero-order valence-corrected chi connectivity index (χ0v) is 44.9. The van der Waals surface area contributed by atoms with Gasteiger partial charge in [0, 0.05) is 88.1 Å². The van der Waals surface area contributed by atoms with E-state index in [0.29, 0.717) is 11.3 Å². The minimum atomic E-state index is -4.85. The van der Waals surface area contributed by atoms with E-state index in [1.54, 1.807) is 12.3 Å². The fourth-order valence-corrected chi connectivity index (χ4v) is 11.6. The fraction of sp³-hybridized carbons (Fsp3) is 0.342. The first-order chi connectivity index (χ1) is 52.8. The first-order valence-electron chi connectivity index (χ1n) is 44.4. The minimum Gasteiger partial charge on any atom is -0.510 e. The van der Waals surface area contributed by atoms with Crippen molar-refractivity contribution in [3.05, 3.63) is 197 Å². The SMILES string of the molecule is [2H]c1c([2H])c2c(c([2H])c1-c1cc(C34CC(C3)C4)cc(-c3c([2H])c([2H])c4c(c3[2H])C(C([2H])([2H])[2H])(C([2H])([2H])[2H])C([2H])([2H])C([2H])([2H])C4(C([2H])([2H])[2H])C([2H])([2H])[2H])c1-[n+]1[c-]n(-c3[c-]c(Oc4[c-]c5c(cc4)c4ccccc4n5-c4cc(C(C)(C)C)ccn4)ccc3)c3ccccc31)C(C([2H])([2H])[2H])(C([2H])([2H])[2H])C([2H])([2H])C([2H])([2H])C2(C([2H])([2H])[2H])C([2H])([2H])[2H].[Pt]. The van der Waals surface area contributed by atoms with Crippen molar-refractivity contribution in [2.45, 2.75) is 153 Å². The topological polar surface area (TPSA) is 35.9 Å². The third-order valence-electron chi connectivity index (χ3n) is 15.7. The second kappa shape index (κ2) is 18.0. The third kappa shape index (κ3) is 8.33. The molecule has 402 valence electrons. The molecular formula is C73H72N4OPt-2. The summed E-state index contributed by atoms with van der Waals surface area (Å²) in [5.74, 6) is 0.624. The van der Waals surface area contributed by atoms with Crippen molar-refractivity contribution >= 4 is 32.8 Å². The van der Waals surface area contributed by atoms with Crippen molar-refractivity contribution in [3.8, 4) is 50.9 Å². The molecule has 0 amide bonds. The summed E-state index contributed by atoms with van der Waals surface area (Å²) in [6.45, 7) is -30.2. The second-order valence-corrected chi connectivity index (χ2v) is 22.0. The molecule has 5 aliphatic rings. The van der Waals surface area contributed by atoms with Crippen LogP contribution in [-0.4, -0.2) is 14.1 Å². The summed E-state index contributed by atoms with van der Waals surface area (Å²) in [6, 6.07) is 24.0. The fourth-order valence-electron chi connectivity index (χ4n) is 11.6. The Bertz CT molecular complexity index is 5540. The number of rotatable bonds is 8. The minimum absolute atomic E-state index is 0. The number of benzene rings is 7. The molecule has 0 spiro atoms. The summed E-state index contributed by atoms with van der Waals surface area (Å²) in [5, 5.41) is 1.62. The predicted octanol–water partition coefficient (Wildman–Crippen LogP) is 18.0. The van der Waals surface area contributed by atoms with E-state index in [2.05, 4.69) is 39.2 Å². The van der Waals surface area contributed by atoms with Crippen molar-refractivity contribution in [1.82, 2.24) is 14.1 Å². The Labute approximate surface area is 535 Å².